The van der Waals surface area contributed by atoms with Crippen LogP contribution >= 0.6 is 0 Å². The minimum Gasteiger partial charge on any atom is -0.330 e. The summed E-state index contributed by atoms with van der Waals surface area (Å²) in [5.74, 6) is 0.590. The molecule has 0 aromatic carbocycles. The van der Waals surface area contributed by atoms with Gasteiger partial charge in [-0.25, -0.2) is 0 Å². The highest BCUT2D eigenvalue weighted by molar-refractivity contribution is 7.84. The number of aromatic nitrogens is 1. The molecule has 0 amide bonds. The molecule has 17 heavy (non-hydrogen) atoms. The van der Waals surface area contributed by atoms with E-state index in [2.05, 4.69) is 4.98 Å². The number of rotatable bonds is 5. The molecule has 7 heteroatoms. The van der Waals surface area contributed by atoms with Crippen LogP contribution in [0.15, 0.2) is 6.20 Å². The molecule has 0 fully saturated rings. The molecule has 0 radical (unpaired) electrons. The first-order chi connectivity index (χ1) is 7.97. The van der Waals surface area contributed by atoms with Crippen molar-refractivity contribution in [2.24, 2.45) is 5.73 Å². The van der Waals surface area contributed by atoms with Gasteiger partial charge in [-0.1, -0.05) is 0 Å². The van der Waals surface area contributed by atoms with E-state index in [1.54, 1.807) is 13.8 Å². The van der Waals surface area contributed by atoms with Crippen LogP contribution in [-0.2, 0) is 16.6 Å². The minimum absolute atomic E-state index is 0.0553. The molecule has 0 aliphatic carbocycles. The molecule has 1 heterocycles. The van der Waals surface area contributed by atoms with Gasteiger partial charge in [0, 0.05) is 40.4 Å². The van der Waals surface area contributed by atoms with E-state index in [0.29, 0.717) is 29.1 Å². The molecule has 1 atom stereocenters. The summed E-state index contributed by atoms with van der Waals surface area (Å²) in [5, 5.41) is 10.9. The van der Waals surface area contributed by atoms with Crippen LogP contribution in [0.25, 0.3) is 0 Å². The number of nitro groups is 1. The van der Waals surface area contributed by atoms with Gasteiger partial charge in [-0.05, 0) is 13.8 Å². The van der Waals surface area contributed by atoms with Crippen LogP contribution in [0.4, 0.5) is 5.69 Å². The third-order valence-electron chi connectivity index (χ3n) is 2.40. The topological polar surface area (TPSA) is 99.1 Å². The second-order valence-electron chi connectivity index (χ2n) is 3.70. The molecule has 1 rings (SSSR count). The molecule has 1 aromatic rings. The third kappa shape index (κ3) is 3.31. The van der Waals surface area contributed by atoms with Gasteiger partial charge in [0.05, 0.1) is 16.4 Å². The van der Waals surface area contributed by atoms with E-state index in [9.17, 15) is 14.3 Å². The average molecular weight is 257 g/mol. The first kappa shape index (κ1) is 13.7. The zero-order chi connectivity index (χ0) is 13.0. The Balaban J connectivity index is 3.07. The highest BCUT2D eigenvalue weighted by Crippen LogP contribution is 2.24. The zero-order valence-electron chi connectivity index (χ0n) is 9.80. The number of aryl methyl sites for hydroxylation is 1. The average Bonchev–Trinajstić information content (AvgIpc) is 2.22. The predicted molar refractivity (Wildman–Crippen MR) is 66.1 cm³/mol. The summed E-state index contributed by atoms with van der Waals surface area (Å²) in [4.78, 5) is 14.6. The fourth-order valence-electron chi connectivity index (χ4n) is 1.55. The van der Waals surface area contributed by atoms with E-state index in [0.717, 1.165) is 0 Å². The zero-order valence-corrected chi connectivity index (χ0v) is 10.6. The Morgan fingerprint density at radius 1 is 1.53 bits per heavy atom. The quantitative estimate of drug-likeness (QED) is 0.621. The molecule has 0 bridgehead atoms. The summed E-state index contributed by atoms with van der Waals surface area (Å²) in [5.41, 5.74) is 6.87. The monoisotopic (exact) mass is 257 g/mol. The van der Waals surface area contributed by atoms with E-state index in [1.807, 2.05) is 0 Å². The van der Waals surface area contributed by atoms with Crippen LogP contribution in [0.5, 0.6) is 0 Å². The first-order valence-electron chi connectivity index (χ1n) is 5.12. The van der Waals surface area contributed by atoms with Gasteiger partial charge in [-0.2, -0.15) is 0 Å². The van der Waals surface area contributed by atoms with Gasteiger partial charge in [-0.15, -0.1) is 0 Å². The van der Waals surface area contributed by atoms with Gasteiger partial charge in [0.15, 0.2) is 0 Å². The molecule has 0 saturated carbocycles. The molecule has 6 nitrogen and oxygen atoms in total. The largest absolute Gasteiger partial charge is 0.330 e. The van der Waals surface area contributed by atoms with Crippen molar-refractivity contribution in [3.8, 4) is 0 Å². The van der Waals surface area contributed by atoms with Crippen molar-refractivity contribution in [3.63, 3.8) is 0 Å². The van der Waals surface area contributed by atoms with Gasteiger partial charge >= 0.3 is 0 Å². The first-order valence-corrected chi connectivity index (χ1v) is 6.60. The lowest BCUT2D eigenvalue weighted by molar-refractivity contribution is -0.386. The lowest BCUT2D eigenvalue weighted by atomic mass is 10.1. The molecule has 1 unspecified atom stereocenters. The van der Waals surface area contributed by atoms with Crippen LogP contribution in [0.2, 0.25) is 0 Å². The van der Waals surface area contributed by atoms with Gasteiger partial charge < -0.3 is 5.73 Å². The fourth-order valence-corrected chi connectivity index (χ4v) is 2.55. The maximum absolute atomic E-state index is 11.6. The Morgan fingerprint density at radius 2 is 2.18 bits per heavy atom. The highest BCUT2D eigenvalue weighted by atomic mass is 32.2. The molecular weight excluding hydrogens is 242 g/mol. The number of pyridine rings is 1. The van der Waals surface area contributed by atoms with Crippen molar-refractivity contribution >= 4 is 16.5 Å². The van der Waals surface area contributed by atoms with Crippen LogP contribution in [0.3, 0.4) is 0 Å². The van der Waals surface area contributed by atoms with Crippen LogP contribution < -0.4 is 5.73 Å². The van der Waals surface area contributed by atoms with Crippen molar-refractivity contribution < 1.29 is 9.13 Å². The standard InChI is InChI=1S/C10H15N3O3S/c1-7-5-12-9(6-17(16)4-3-11)8(2)10(7)13(14)15/h5H,3-4,6,11H2,1-2H3. The lowest BCUT2D eigenvalue weighted by Crippen LogP contribution is -2.13. The minimum atomic E-state index is -1.12. The maximum atomic E-state index is 11.6. The predicted octanol–water partition coefficient (Wildman–Crippen LogP) is 0.814. The third-order valence-corrected chi connectivity index (χ3v) is 3.69. The SMILES string of the molecule is Cc1cnc(CS(=O)CCN)c(C)c1[N+](=O)[O-]. The van der Waals surface area contributed by atoms with E-state index >= 15 is 0 Å². The fraction of sp³-hybridized carbons (Fsp3) is 0.500. The van der Waals surface area contributed by atoms with E-state index in [4.69, 9.17) is 5.73 Å². The molecule has 94 valence electrons. The van der Waals surface area contributed by atoms with Crippen molar-refractivity contribution in [1.29, 1.82) is 0 Å². The normalized spacial score (nSPS) is 12.4. The Kier molecular flexibility index (Phi) is 4.71. The molecule has 0 aliphatic rings. The molecule has 0 spiro atoms. The van der Waals surface area contributed by atoms with Crippen molar-refractivity contribution in [3.05, 3.63) is 33.1 Å². The number of hydrogen-bond donors (Lipinski definition) is 1. The number of hydrogen-bond acceptors (Lipinski definition) is 5. The number of nitrogens with two attached hydrogens (primary N) is 1. The Bertz CT molecular complexity index is 462. The van der Waals surface area contributed by atoms with E-state index < -0.39 is 15.7 Å². The Hall–Kier alpha value is -1.34. The molecule has 1 aromatic heterocycles. The second kappa shape index (κ2) is 5.83. The summed E-state index contributed by atoms with van der Waals surface area (Å²) in [7, 11) is -1.12. The highest BCUT2D eigenvalue weighted by Gasteiger charge is 2.19. The Labute approximate surface area is 102 Å². The van der Waals surface area contributed by atoms with Gasteiger partial charge in [-0.3, -0.25) is 19.3 Å². The second-order valence-corrected chi connectivity index (χ2v) is 5.27. The van der Waals surface area contributed by atoms with E-state index in [-0.39, 0.29) is 11.4 Å². The lowest BCUT2D eigenvalue weighted by Gasteiger charge is -2.07. The molecule has 0 saturated heterocycles. The Morgan fingerprint density at radius 3 is 2.71 bits per heavy atom. The summed E-state index contributed by atoms with van der Waals surface area (Å²) < 4.78 is 11.6. The molecule has 2 N–H and O–H groups in total. The van der Waals surface area contributed by atoms with Crippen molar-refractivity contribution in [2.45, 2.75) is 19.6 Å². The van der Waals surface area contributed by atoms with Crippen molar-refractivity contribution in [2.75, 3.05) is 12.3 Å². The van der Waals surface area contributed by atoms with Gasteiger partial charge in [0.2, 0.25) is 0 Å². The van der Waals surface area contributed by atoms with Crippen molar-refractivity contribution in [1.82, 2.24) is 4.98 Å². The van der Waals surface area contributed by atoms with Gasteiger partial charge in [0.25, 0.3) is 5.69 Å². The summed E-state index contributed by atoms with van der Waals surface area (Å²) in [6.07, 6.45) is 1.44. The maximum Gasteiger partial charge on any atom is 0.278 e. The summed E-state index contributed by atoms with van der Waals surface area (Å²) in [6.45, 7) is 3.60. The van der Waals surface area contributed by atoms with E-state index in [1.165, 1.54) is 6.20 Å². The molecular formula is C10H15N3O3S. The van der Waals surface area contributed by atoms with Crippen LogP contribution in [0, 0.1) is 24.0 Å². The summed E-state index contributed by atoms with van der Waals surface area (Å²) >= 11 is 0. The number of nitrogens with zero attached hydrogens (tertiary/aromatic N) is 2. The van der Waals surface area contributed by atoms with Crippen LogP contribution in [0.1, 0.15) is 16.8 Å². The summed E-state index contributed by atoms with van der Waals surface area (Å²) in [6, 6.07) is 0. The van der Waals surface area contributed by atoms with Crippen LogP contribution in [-0.4, -0.2) is 26.4 Å². The molecule has 0 aliphatic heterocycles. The van der Waals surface area contributed by atoms with Gasteiger partial charge in [0.1, 0.15) is 0 Å². The smallest absolute Gasteiger partial charge is 0.278 e.